The molecule has 15 heavy (non-hydrogen) atoms. The third-order valence-electron chi connectivity index (χ3n) is 3.08. The van der Waals surface area contributed by atoms with E-state index in [0.29, 0.717) is 5.92 Å². The van der Waals surface area contributed by atoms with Crippen LogP contribution >= 0.6 is 11.6 Å². The highest BCUT2D eigenvalue weighted by atomic mass is 35.5. The summed E-state index contributed by atoms with van der Waals surface area (Å²) in [4.78, 5) is 4.01. The van der Waals surface area contributed by atoms with Gasteiger partial charge in [0, 0.05) is 6.20 Å². The molecule has 2 unspecified atom stereocenters. The second-order valence-electron chi connectivity index (χ2n) is 4.33. The van der Waals surface area contributed by atoms with Crippen LogP contribution in [-0.2, 0) is 4.87 Å². The van der Waals surface area contributed by atoms with E-state index in [9.17, 15) is 0 Å². The van der Waals surface area contributed by atoms with Crippen LogP contribution in [0.3, 0.4) is 0 Å². The fourth-order valence-electron chi connectivity index (χ4n) is 1.69. The summed E-state index contributed by atoms with van der Waals surface area (Å²) < 4.78 is 0. The maximum atomic E-state index is 6.59. The topological polar surface area (TPSA) is 12.9 Å². The number of rotatable bonds is 5. The summed E-state index contributed by atoms with van der Waals surface area (Å²) >= 11 is 6.59. The van der Waals surface area contributed by atoms with Gasteiger partial charge in [0.15, 0.2) is 0 Å². The van der Waals surface area contributed by atoms with Crippen LogP contribution in [0.15, 0.2) is 24.4 Å². The van der Waals surface area contributed by atoms with Gasteiger partial charge >= 0.3 is 0 Å². The minimum atomic E-state index is -0.337. The van der Waals surface area contributed by atoms with Gasteiger partial charge in [-0.1, -0.05) is 32.8 Å². The van der Waals surface area contributed by atoms with Crippen molar-refractivity contribution in [2.75, 3.05) is 0 Å². The summed E-state index contributed by atoms with van der Waals surface area (Å²) in [6.45, 7) is 6.48. The Morgan fingerprint density at radius 3 is 2.73 bits per heavy atom. The Kier molecular flexibility index (Phi) is 4.59. The van der Waals surface area contributed by atoms with Crippen LogP contribution < -0.4 is 0 Å². The van der Waals surface area contributed by atoms with Crippen molar-refractivity contribution in [2.24, 2.45) is 5.92 Å². The van der Waals surface area contributed by atoms with Gasteiger partial charge in [-0.2, -0.15) is 0 Å². The molecule has 1 rings (SSSR count). The Bertz CT molecular complexity index is 282. The minimum Gasteiger partial charge on any atom is -0.259 e. The molecular formula is C13H20ClN. The lowest BCUT2D eigenvalue weighted by Gasteiger charge is -2.28. The monoisotopic (exact) mass is 225 g/mol. The van der Waals surface area contributed by atoms with Gasteiger partial charge in [-0.05, 0) is 31.4 Å². The van der Waals surface area contributed by atoms with E-state index in [-0.39, 0.29) is 4.87 Å². The van der Waals surface area contributed by atoms with E-state index in [1.807, 2.05) is 24.4 Å². The fraction of sp³-hybridized carbons (Fsp3) is 0.615. The van der Waals surface area contributed by atoms with E-state index in [0.717, 1.165) is 12.1 Å². The number of hydrogen-bond acceptors (Lipinski definition) is 1. The van der Waals surface area contributed by atoms with E-state index in [2.05, 4.69) is 25.8 Å². The Labute approximate surface area is 97.9 Å². The number of unbranched alkanes of at least 4 members (excludes halogenated alkanes) is 1. The van der Waals surface area contributed by atoms with Gasteiger partial charge < -0.3 is 0 Å². The largest absolute Gasteiger partial charge is 0.259 e. The number of alkyl halides is 1. The average molecular weight is 226 g/mol. The Morgan fingerprint density at radius 1 is 1.47 bits per heavy atom. The molecule has 0 amide bonds. The normalized spacial score (nSPS) is 17.1. The van der Waals surface area contributed by atoms with Crippen molar-refractivity contribution in [3.8, 4) is 0 Å². The van der Waals surface area contributed by atoms with Crippen LogP contribution in [0, 0.1) is 5.92 Å². The zero-order valence-electron chi connectivity index (χ0n) is 9.83. The lowest BCUT2D eigenvalue weighted by atomic mass is 9.87. The molecule has 0 aliphatic heterocycles. The summed E-state index contributed by atoms with van der Waals surface area (Å²) in [5.41, 5.74) is 0.982. The molecule has 0 fully saturated rings. The highest BCUT2D eigenvalue weighted by Gasteiger charge is 2.31. The number of halogens is 1. The van der Waals surface area contributed by atoms with Gasteiger partial charge in [0.05, 0.1) is 10.6 Å². The van der Waals surface area contributed by atoms with Gasteiger partial charge in [0.25, 0.3) is 0 Å². The van der Waals surface area contributed by atoms with Gasteiger partial charge in [-0.25, -0.2) is 0 Å². The smallest absolute Gasteiger partial charge is 0.0863 e. The minimum absolute atomic E-state index is 0.337. The molecule has 84 valence electrons. The van der Waals surface area contributed by atoms with Crippen LogP contribution in [0.5, 0.6) is 0 Å². The number of nitrogens with zero attached hydrogens (tertiary/aromatic N) is 1. The molecule has 0 bridgehead atoms. The second kappa shape index (κ2) is 5.50. The van der Waals surface area contributed by atoms with Crippen molar-refractivity contribution in [2.45, 2.75) is 44.9 Å². The third-order valence-corrected chi connectivity index (χ3v) is 3.65. The number of hydrogen-bond donors (Lipinski definition) is 0. The predicted molar refractivity (Wildman–Crippen MR) is 66.1 cm³/mol. The van der Waals surface area contributed by atoms with Crippen LogP contribution in [0.25, 0.3) is 0 Å². The van der Waals surface area contributed by atoms with E-state index in [4.69, 9.17) is 11.6 Å². The quantitative estimate of drug-likeness (QED) is 0.679. The van der Waals surface area contributed by atoms with Crippen molar-refractivity contribution in [1.29, 1.82) is 0 Å². The molecular weight excluding hydrogens is 206 g/mol. The summed E-state index contributed by atoms with van der Waals surface area (Å²) in [5, 5.41) is 0. The maximum Gasteiger partial charge on any atom is 0.0863 e. The van der Waals surface area contributed by atoms with Gasteiger partial charge in [-0.15, -0.1) is 11.6 Å². The Hall–Kier alpha value is -0.560. The van der Waals surface area contributed by atoms with Gasteiger partial charge in [-0.3, -0.25) is 4.98 Å². The molecule has 2 heteroatoms. The summed E-state index contributed by atoms with van der Waals surface area (Å²) in [5.74, 6) is 0.453. The van der Waals surface area contributed by atoms with E-state index < -0.39 is 0 Å². The maximum absolute atomic E-state index is 6.59. The predicted octanol–water partition coefficient (Wildman–Crippen LogP) is 4.36. The van der Waals surface area contributed by atoms with Crippen LogP contribution in [0.2, 0.25) is 0 Å². The number of aromatic nitrogens is 1. The molecule has 2 atom stereocenters. The molecule has 0 aliphatic carbocycles. The first-order valence-corrected chi connectivity index (χ1v) is 6.07. The lowest BCUT2D eigenvalue weighted by molar-refractivity contribution is 0.387. The van der Waals surface area contributed by atoms with Crippen LogP contribution in [0.1, 0.15) is 45.7 Å². The highest BCUT2D eigenvalue weighted by molar-refractivity contribution is 6.23. The standard InChI is InChI=1S/C13H20ClN/c1-4-5-8-11(2)13(3,14)12-9-6-7-10-15-12/h6-7,9-11H,4-5,8H2,1-3H3. The second-order valence-corrected chi connectivity index (χ2v) is 5.12. The number of pyridine rings is 1. The molecule has 0 saturated carbocycles. The lowest BCUT2D eigenvalue weighted by Crippen LogP contribution is -2.24. The highest BCUT2D eigenvalue weighted by Crippen LogP contribution is 2.37. The first-order valence-electron chi connectivity index (χ1n) is 5.69. The fourth-order valence-corrected chi connectivity index (χ4v) is 1.91. The molecule has 0 saturated heterocycles. The molecule has 0 radical (unpaired) electrons. The Balaban J connectivity index is 2.73. The average Bonchev–Trinajstić information content (AvgIpc) is 2.27. The molecule has 1 heterocycles. The molecule has 0 N–H and O–H groups in total. The molecule has 1 aromatic rings. The third kappa shape index (κ3) is 3.20. The van der Waals surface area contributed by atoms with Gasteiger partial charge in [0.2, 0.25) is 0 Å². The van der Waals surface area contributed by atoms with E-state index in [1.165, 1.54) is 12.8 Å². The van der Waals surface area contributed by atoms with Crippen molar-refractivity contribution >= 4 is 11.6 Å². The van der Waals surface area contributed by atoms with Gasteiger partial charge in [0.1, 0.15) is 0 Å². The first-order chi connectivity index (χ1) is 7.09. The van der Waals surface area contributed by atoms with E-state index >= 15 is 0 Å². The van der Waals surface area contributed by atoms with Crippen molar-refractivity contribution < 1.29 is 0 Å². The van der Waals surface area contributed by atoms with Crippen molar-refractivity contribution in [3.63, 3.8) is 0 Å². The van der Waals surface area contributed by atoms with Crippen molar-refractivity contribution in [1.82, 2.24) is 4.98 Å². The first kappa shape index (κ1) is 12.5. The SMILES string of the molecule is CCCCC(C)C(C)(Cl)c1ccccn1. The summed E-state index contributed by atoms with van der Waals surface area (Å²) in [6.07, 6.45) is 5.42. The Morgan fingerprint density at radius 2 is 2.20 bits per heavy atom. The molecule has 1 aromatic heterocycles. The molecule has 1 nitrogen and oxygen atoms in total. The molecule has 0 aliphatic rings. The molecule has 0 aromatic carbocycles. The molecule has 0 spiro atoms. The van der Waals surface area contributed by atoms with Crippen LogP contribution in [0.4, 0.5) is 0 Å². The van der Waals surface area contributed by atoms with E-state index in [1.54, 1.807) is 0 Å². The zero-order chi connectivity index (χ0) is 11.3. The van der Waals surface area contributed by atoms with Crippen LogP contribution in [-0.4, -0.2) is 4.98 Å². The summed E-state index contributed by atoms with van der Waals surface area (Å²) in [7, 11) is 0. The summed E-state index contributed by atoms with van der Waals surface area (Å²) in [6, 6.07) is 5.93. The van der Waals surface area contributed by atoms with Crippen molar-refractivity contribution in [3.05, 3.63) is 30.1 Å². The zero-order valence-corrected chi connectivity index (χ0v) is 10.6.